The molecule has 0 aromatic heterocycles. The van der Waals surface area contributed by atoms with Crippen LogP contribution in [0.5, 0.6) is 0 Å². The normalized spacial score (nSPS) is 12.7. The Kier molecular flexibility index (Phi) is 9.39. The number of anilines is 1. The van der Waals surface area contributed by atoms with Crippen molar-refractivity contribution >= 4 is 50.7 Å². The SMILES string of the molecule is CC[C@H](C(=O)NC(C)(C)C)N(Cc1ccc(Cl)cc1)C(=O)CN(c1ccccc1Cl)S(C)(=O)=O. The number of amides is 2. The summed E-state index contributed by atoms with van der Waals surface area (Å²) in [6.07, 6.45) is 1.35. The lowest BCUT2D eigenvalue weighted by molar-refractivity contribution is -0.141. The number of nitrogens with zero attached hydrogens (tertiary/aromatic N) is 2. The second kappa shape index (κ2) is 11.4. The number of benzene rings is 2. The highest BCUT2D eigenvalue weighted by atomic mass is 35.5. The van der Waals surface area contributed by atoms with E-state index in [-0.39, 0.29) is 23.2 Å². The Labute approximate surface area is 212 Å². The maximum Gasteiger partial charge on any atom is 0.244 e. The van der Waals surface area contributed by atoms with Gasteiger partial charge >= 0.3 is 0 Å². The number of hydrogen-bond donors (Lipinski definition) is 1. The van der Waals surface area contributed by atoms with Crippen LogP contribution in [0.15, 0.2) is 48.5 Å². The highest BCUT2D eigenvalue weighted by Gasteiger charge is 2.33. The van der Waals surface area contributed by atoms with Crippen LogP contribution in [0.4, 0.5) is 5.69 Å². The second-order valence-corrected chi connectivity index (χ2v) is 11.8. The molecule has 10 heteroatoms. The van der Waals surface area contributed by atoms with E-state index in [1.807, 2.05) is 20.8 Å². The maximum atomic E-state index is 13.6. The van der Waals surface area contributed by atoms with E-state index in [4.69, 9.17) is 23.2 Å². The summed E-state index contributed by atoms with van der Waals surface area (Å²) in [5.41, 5.74) is 0.442. The third kappa shape index (κ3) is 7.89. The smallest absolute Gasteiger partial charge is 0.244 e. The van der Waals surface area contributed by atoms with Gasteiger partial charge in [-0.25, -0.2) is 8.42 Å². The number of carbonyl (C=O) groups excluding carboxylic acids is 2. The molecule has 1 N–H and O–H groups in total. The van der Waals surface area contributed by atoms with Crippen LogP contribution in [-0.2, 0) is 26.2 Å². The van der Waals surface area contributed by atoms with Crippen LogP contribution in [0.2, 0.25) is 10.0 Å². The van der Waals surface area contributed by atoms with Crippen molar-refractivity contribution in [2.45, 2.75) is 52.2 Å². The van der Waals surface area contributed by atoms with Crippen LogP contribution >= 0.6 is 23.2 Å². The zero-order valence-electron chi connectivity index (χ0n) is 20.0. The van der Waals surface area contributed by atoms with Gasteiger partial charge < -0.3 is 10.2 Å². The zero-order valence-corrected chi connectivity index (χ0v) is 22.3. The van der Waals surface area contributed by atoms with Crippen LogP contribution in [0.25, 0.3) is 0 Å². The van der Waals surface area contributed by atoms with Gasteiger partial charge in [0.2, 0.25) is 21.8 Å². The summed E-state index contributed by atoms with van der Waals surface area (Å²) in [5, 5.41) is 3.66. The van der Waals surface area contributed by atoms with Gasteiger partial charge in [0.15, 0.2) is 0 Å². The molecule has 0 saturated heterocycles. The van der Waals surface area contributed by atoms with Gasteiger partial charge in [-0.2, -0.15) is 0 Å². The molecule has 2 aromatic rings. The summed E-state index contributed by atoms with van der Waals surface area (Å²) in [4.78, 5) is 28.1. The van der Waals surface area contributed by atoms with Crippen molar-refractivity contribution in [2.75, 3.05) is 17.1 Å². The van der Waals surface area contributed by atoms with Gasteiger partial charge in [0.1, 0.15) is 12.6 Å². The number of rotatable bonds is 9. The first-order valence-electron chi connectivity index (χ1n) is 10.8. The molecule has 186 valence electrons. The molecular weight excluding hydrogens is 497 g/mol. The maximum absolute atomic E-state index is 13.6. The van der Waals surface area contributed by atoms with E-state index >= 15 is 0 Å². The van der Waals surface area contributed by atoms with Gasteiger partial charge in [0, 0.05) is 17.1 Å². The van der Waals surface area contributed by atoms with E-state index in [1.165, 1.54) is 11.0 Å². The van der Waals surface area contributed by atoms with E-state index in [2.05, 4.69) is 5.32 Å². The predicted molar refractivity (Wildman–Crippen MR) is 138 cm³/mol. The summed E-state index contributed by atoms with van der Waals surface area (Å²) < 4.78 is 26.2. The lowest BCUT2D eigenvalue weighted by Gasteiger charge is -2.34. The zero-order chi connectivity index (χ0) is 25.7. The third-order valence-electron chi connectivity index (χ3n) is 4.95. The fourth-order valence-electron chi connectivity index (χ4n) is 3.41. The average molecular weight is 529 g/mol. The largest absolute Gasteiger partial charge is 0.350 e. The molecule has 0 aliphatic heterocycles. The summed E-state index contributed by atoms with van der Waals surface area (Å²) in [5.74, 6) is -0.850. The van der Waals surface area contributed by atoms with E-state index < -0.39 is 34.1 Å². The molecule has 2 aromatic carbocycles. The van der Waals surface area contributed by atoms with Crippen LogP contribution in [0.1, 0.15) is 39.7 Å². The summed E-state index contributed by atoms with van der Waals surface area (Å²) in [7, 11) is -3.85. The number of para-hydroxylation sites is 1. The van der Waals surface area contributed by atoms with Crippen molar-refractivity contribution in [2.24, 2.45) is 0 Å². The molecule has 1 atom stereocenters. The van der Waals surface area contributed by atoms with Gasteiger partial charge in [0.25, 0.3) is 0 Å². The Balaban J connectivity index is 2.46. The third-order valence-corrected chi connectivity index (χ3v) is 6.65. The van der Waals surface area contributed by atoms with E-state index in [9.17, 15) is 18.0 Å². The van der Waals surface area contributed by atoms with Crippen LogP contribution < -0.4 is 9.62 Å². The lowest BCUT2D eigenvalue weighted by atomic mass is 10.1. The molecule has 0 bridgehead atoms. The molecule has 34 heavy (non-hydrogen) atoms. The first kappa shape index (κ1) is 28.0. The number of halogens is 2. The first-order chi connectivity index (χ1) is 15.7. The first-order valence-corrected chi connectivity index (χ1v) is 13.4. The minimum atomic E-state index is -3.85. The topological polar surface area (TPSA) is 86.8 Å². The van der Waals surface area contributed by atoms with Gasteiger partial charge in [-0.05, 0) is 57.0 Å². The molecule has 7 nitrogen and oxygen atoms in total. The average Bonchev–Trinajstić information content (AvgIpc) is 2.71. The monoisotopic (exact) mass is 527 g/mol. The molecule has 0 radical (unpaired) electrons. The van der Waals surface area contributed by atoms with Crippen LogP contribution in [0.3, 0.4) is 0 Å². The van der Waals surface area contributed by atoms with E-state index in [1.54, 1.807) is 49.4 Å². The number of sulfonamides is 1. The number of hydrogen-bond acceptors (Lipinski definition) is 4. The van der Waals surface area contributed by atoms with Crippen LogP contribution in [-0.4, -0.2) is 49.5 Å². The predicted octanol–water partition coefficient (Wildman–Crippen LogP) is 4.48. The molecule has 0 saturated carbocycles. The van der Waals surface area contributed by atoms with Gasteiger partial charge in [-0.3, -0.25) is 13.9 Å². The Morgan fingerprint density at radius 3 is 2.12 bits per heavy atom. The number of carbonyl (C=O) groups is 2. The van der Waals surface area contributed by atoms with Gasteiger partial charge in [0.05, 0.1) is 17.0 Å². The fourth-order valence-corrected chi connectivity index (χ4v) is 4.68. The Hall–Kier alpha value is -2.29. The number of nitrogens with one attached hydrogen (secondary N) is 1. The van der Waals surface area contributed by atoms with Crippen molar-refractivity contribution in [3.63, 3.8) is 0 Å². The van der Waals surface area contributed by atoms with E-state index in [0.29, 0.717) is 11.4 Å². The van der Waals surface area contributed by atoms with Crippen molar-refractivity contribution < 1.29 is 18.0 Å². The molecule has 0 spiro atoms. The Morgan fingerprint density at radius 1 is 1.03 bits per heavy atom. The molecule has 0 aliphatic carbocycles. The van der Waals surface area contributed by atoms with Crippen molar-refractivity contribution in [3.05, 3.63) is 64.1 Å². The Morgan fingerprint density at radius 2 is 1.62 bits per heavy atom. The van der Waals surface area contributed by atoms with Crippen LogP contribution in [0, 0.1) is 0 Å². The highest BCUT2D eigenvalue weighted by molar-refractivity contribution is 7.92. The lowest BCUT2D eigenvalue weighted by Crippen LogP contribution is -2.55. The second-order valence-electron chi connectivity index (χ2n) is 9.03. The molecule has 2 rings (SSSR count). The highest BCUT2D eigenvalue weighted by Crippen LogP contribution is 2.27. The minimum Gasteiger partial charge on any atom is -0.350 e. The van der Waals surface area contributed by atoms with Gasteiger partial charge in [-0.15, -0.1) is 0 Å². The molecule has 0 aliphatic rings. The molecular formula is C24H31Cl2N3O4S. The molecule has 2 amide bonds. The van der Waals surface area contributed by atoms with Crippen molar-refractivity contribution in [3.8, 4) is 0 Å². The quantitative estimate of drug-likeness (QED) is 0.520. The van der Waals surface area contributed by atoms with Gasteiger partial charge in [-0.1, -0.05) is 54.4 Å². The molecule has 0 fully saturated rings. The fraction of sp³-hybridized carbons (Fsp3) is 0.417. The van der Waals surface area contributed by atoms with Crippen molar-refractivity contribution in [1.82, 2.24) is 10.2 Å². The summed E-state index contributed by atoms with van der Waals surface area (Å²) >= 11 is 12.2. The molecule has 0 unspecified atom stereocenters. The standard InChI is InChI=1S/C24H31Cl2N3O4S/c1-6-20(23(31)27-24(2,3)4)28(15-17-11-13-18(25)14-12-17)22(30)16-29(34(5,32)33)21-10-8-7-9-19(21)26/h7-14,20H,6,15-16H2,1-5H3,(H,27,31)/t20-/m1/s1. The summed E-state index contributed by atoms with van der Waals surface area (Å²) in [6, 6.07) is 12.5. The molecule has 0 heterocycles. The van der Waals surface area contributed by atoms with Crippen molar-refractivity contribution in [1.29, 1.82) is 0 Å². The minimum absolute atomic E-state index is 0.103. The Bertz CT molecular complexity index is 1120. The summed E-state index contributed by atoms with van der Waals surface area (Å²) in [6.45, 7) is 6.96. The van der Waals surface area contributed by atoms with E-state index in [0.717, 1.165) is 16.1 Å².